The summed E-state index contributed by atoms with van der Waals surface area (Å²) in [6.45, 7) is 1.60. The van der Waals surface area contributed by atoms with Crippen molar-refractivity contribution in [3.63, 3.8) is 0 Å². The summed E-state index contributed by atoms with van der Waals surface area (Å²) in [4.78, 5) is 25.1. The van der Waals surface area contributed by atoms with Crippen LogP contribution in [0.5, 0.6) is 5.88 Å². The molecule has 0 radical (unpaired) electrons. The van der Waals surface area contributed by atoms with Crippen LogP contribution in [0.25, 0.3) is 0 Å². The van der Waals surface area contributed by atoms with Gasteiger partial charge in [0.05, 0.1) is 12.1 Å². The first kappa shape index (κ1) is 15.8. The monoisotopic (exact) mass is 332 g/mol. The first-order chi connectivity index (χ1) is 10.8. The van der Waals surface area contributed by atoms with Gasteiger partial charge in [-0.2, -0.15) is 13.2 Å². The smallest absolute Gasteiger partial charge is 0.399 e. The highest BCUT2D eigenvalue weighted by atomic mass is 19.4. The molecule has 3 rings (SSSR count). The minimum atomic E-state index is -5.11. The van der Waals surface area contributed by atoms with Crippen molar-refractivity contribution >= 4 is 11.9 Å². The van der Waals surface area contributed by atoms with Gasteiger partial charge < -0.3 is 15.0 Å². The predicted molar refractivity (Wildman–Crippen MR) is 70.7 cm³/mol. The average molecular weight is 332 g/mol. The third kappa shape index (κ3) is 2.78. The maximum absolute atomic E-state index is 12.5. The number of ether oxygens (including phenoxy) is 1. The number of halogens is 3. The summed E-state index contributed by atoms with van der Waals surface area (Å²) in [5, 5.41) is 6.91. The van der Waals surface area contributed by atoms with Crippen molar-refractivity contribution in [2.75, 3.05) is 13.1 Å². The van der Waals surface area contributed by atoms with Crippen LogP contribution >= 0.6 is 0 Å². The normalized spacial score (nSPS) is 21.5. The molecule has 0 saturated carbocycles. The van der Waals surface area contributed by atoms with E-state index in [1.165, 1.54) is 7.05 Å². The lowest BCUT2D eigenvalue weighted by Gasteiger charge is -2.31. The molecule has 10 heteroatoms. The average Bonchev–Trinajstić information content (AvgIpc) is 2.98. The molecule has 126 valence electrons. The summed E-state index contributed by atoms with van der Waals surface area (Å²) in [6, 6.07) is -0.0326. The molecule has 1 aromatic rings. The first-order valence-corrected chi connectivity index (χ1v) is 7.15. The Morgan fingerprint density at radius 3 is 2.78 bits per heavy atom. The van der Waals surface area contributed by atoms with Crippen molar-refractivity contribution in [2.45, 2.75) is 31.6 Å². The Balaban J connectivity index is 1.84. The number of carbonyl (C=O) groups excluding carboxylic acids is 2. The largest absolute Gasteiger partial charge is 0.491 e. The Hall–Kier alpha value is -2.10. The number of hydrogen-bond acceptors (Lipinski definition) is 5. The molecule has 2 aliphatic heterocycles. The molecule has 1 N–H and O–H groups in total. The zero-order chi connectivity index (χ0) is 16.8. The third-order valence-corrected chi connectivity index (χ3v) is 4.03. The van der Waals surface area contributed by atoms with E-state index in [1.807, 2.05) is 0 Å². The van der Waals surface area contributed by atoms with Gasteiger partial charge in [-0.05, 0) is 19.4 Å². The van der Waals surface area contributed by atoms with Crippen LogP contribution in [-0.2, 0) is 18.4 Å². The van der Waals surface area contributed by atoms with Crippen molar-refractivity contribution in [3.8, 4) is 5.88 Å². The second-order valence-corrected chi connectivity index (χ2v) is 5.58. The molecule has 0 spiro atoms. The molecular weight excluding hydrogens is 317 g/mol. The lowest BCUT2D eigenvalue weighted by Crippen LogP contribution is -2.46. The highest BCUT2D eigenvalue weighted by Gasteiger charge is 2.44. The molecule has 1 fully saturated rings. The number of nitrogens with zero attached hydrogens (tertiary/aromatic N) is 3. The van der Waals surface area contributed by atoms with E-state index in [2.05, 4.69) is 15.2 Å². The van der Waals surface area contributed by atoms with Crippen LogP contribution in [0, 0.1) is 0 Å². The summed E-state index contributed by atoms with van der Waals surface area (Å²) < 4.78 is 42.5. The number of carbonyl (C=O) groups is 2. The molecule has 1 saturated heterocycles. The van der Waals surface area contributed by atoms with Gasteiger partial charge in [-0.3, -0.25) is 9.48 Å². The van der Waals surface area contributed by atoms with Gasteiger partial charge in [0.1, 0.15) is 5.69 Å². The number of nitrogens with one attached hydrogen (secondary N) is 1. The second kappa shape index (κ2) is 5.52. The summed E-state index contributed by atoms with van der Waals surface area (Å²) in [5.41, 5.74) is 0.390. The molecule has 0 unspecified atom stereocenters. The number of esters is 1. The molecule has 1 aromatic heterocycles. The van der Waals surface area contributed by atoms with Gasteiger partial charge in [0, 0.05) is 19.6 Å². The van der Waals surface area contributed by atoms with Gasteiger partial charge in [0.25, 0.3) is 5.91 Å². The molecule has 0 aliphatic carbocycles. The molecule has 23 heavy (non-hydrogen) atoms. The summed E-state index contributed by atoms with van der Waals surface area (Å²) in [6.07, 6.45) is -3.38. The van der Waals surface area contributed by atoms with E-state index in [0.29, 0.717) is 6.54 Å². The quantitative estimate of drug-likeness (QED) is 0.803. The van der Waals surface area contributed by atoms with Crippen LogP contribution < -0.4 is 10.1 Å². The third-order valence-electron chi connectivity index (χ3n) is 4.03. The van der Waals surface area contributed by atoms with Crippen LogP contribution in [-0.4, -0.2) is 51.9 Å². The molecular formula is C13H15F3N4O3. The van der Waals surface area contributed by atoms with Gasteiger partial charge in [-0.25, -0.2) is 4.79 Å². The number of rotatable bonds is 2. The number of alkyl halides is 3. The van der Waals surface area contributed by atoms with Crippen molar-refractivity contribution in [1.29, 1.82) is 0 Å². The summed E-state index contributed by atoms with van der Waals surface area (Å²) in [7, 11) is 1.43. The van der Waals surface area contributed by atoms with Crippen molar-refractivity contribution < 1.29 is 27.5 Å². The predicted octanol–water partition coefficient (Wildman–Crippen LogP) is 0.596. The minimum absolute atomic E-state index is 0.0326. The second-order valence-electron chi connectivity index (χ2n) is 5.58. The molecule has 1 atom stereocenters. The fraction of sp³-hybridized carbons (Fsp3) is 0.615. The lowest BCUT2D eigenvalue weighted by atomic mass is 10.1. The highest BCUT2D eigenvalue weighted by Crippen LogP contribution is 2.33. The molecule has 0 bridgehead atoms. The molecule has 3 heterocycles. The highest BCUT2D eigenvalue weighted by molar-refractivity contribution is 5.98. The van der Waals surface area contributed by atoms with Crippen LogP contribution in [0.3, 0.4) is 0 Å². The van der Waals surface area contributed by atoms with Gasteiger partial charge in [-0.1, -0.05) is 0 Å². The maximum Gasteiger partial charge on any atom is 0.491 e. The van der Waals surface area contributed by atoms with Crippen molar-refractivity contribution in [3.05, 3.63) is 11.3 Å². The Morgan fingerprint density at radius 1 is 1.43 bits per heavy atom. The number of fused-ring (bicyclic) bond motifs is 1. The van der Waals surface area contributed by atoms with Crippen LogP contribution in [0.1, 0.15) is 28.9 Å². The van der Waals surface area contributed by atoms with E-state index >= 15 is 0 Å². The van der Waals surface area contributed by atoms with Crippen LogP contribution in [0.4, 0.5) is 13.2 Å². The lowest BCUT2D eigenvalue weighted by molar-refractivity contribution is -0.190. The fourth-order valence-corrected chi connectivity index (χ4v) is 2.95. The molecule has 2 aliphatic rings. The molecule has 0 aromatic carbocycles. The standard InChI is InChI=1S/C13H15F3N4O3/c1-19-9-8(10(18-19)23-12(22)13(14,15)16)6-20(11(9)21)7-3-2-4-17-5-7/h7,17H,2-6H2,1H3/t7-/m0/s1. The Morgan fingerprint density at radius 2 is 2.17 bits per heavy atom. The van der Waals surface area contributed by atoms with E-state index < -0.39 is 18.0 Å². The van der Waals surface area contributed by atoms with Gasteiger partial charge in [0.15, 0.2) is 0 Å². The minimum Gasteiger partial charge on any atom is -0.399 e. The number of aryl methyl sites for hydroxylation is 1. The van der Waals surface area contributed by atoms with E-state index in [0.717, 1.165) is 24.1 Å². The number of piperidine rings is 1. The van der Waals surface area contributed by atoms with Gasteiger partial charge >= 0.3 is 12.1 Å². The molecule has 7 nitrogen and oxygen atoms in total. The topological polar surface area (TPSA) is 76.5 Å². The Bertz CT molecular complexity index is 650. The maximum atomic E-state index is 12.5. The Labute approximate surface area is 129 Å². The van der Waals surface area contributed by atoms with E-state index in [9.17, 15) is 22.8 Å². The Kier molecular flexibility index (Phi) is 3.78. The zero-order valence-corrected chi connectivity index (χ0v) is 12.3. The SMILES string of the molecule is Cn1nc(OC(=O)C(F)(F)F)c2c1C(=O)N([C@H]1CCCNC1)C2. The summed E-state index contributed by atoms with van der Waals surface area (Å²) >= 11 is 0. The summed E-state index contributed by atoms with van der Waals surface area (Å²) in [5.74, 6) is -3.11. The first-order valence-electron chi connectivity index (χ1n) is 7.15. The molecule has 1 amide bonds. The van der Waals surface area contributed by atoms with Crippen LogP contribution in [0.2, 0.25) is 0 Å². The van der Waals surface area contributed by atoms with Crippen molar-refractivity contribution in [2.24, 2.45) is 7.05 Å². The van der Waals surface area contributed by atoms with Gasteiger partial charge in [-0.15, -0.1) is 5.10 Å². The van der Waals surface area contributed by atoms with Crippen LogP contribution in [0.15, 0.2) is 0 Å². The van der Waals surface area contributed by atoms with Crippen molar-refractivity contribution in [1.82, 2.24) is 20.0 Å². The van der Waals surface area contributed by atoms with Gasteiger partial charge in [0.2, 0.25) is 5.88 Å². The van der Waals surface area contributed by atoms with E-state index in [1.54, 1.807) is 4.90 Å². The van der Waals surface area contributed by atoms with E-state index in [4.69, 9.17) is 0 Å². The van der Waals surface area contributed by atoms with E-state index in [-0.39, 0.29) is 29.8 Å². The number of hydrogen-bond donors (Lipinski definition) is 1. The number of amides is 1. The fourth-order valence-electron chi connectivity index (χ4n) is 2.95. The number of aromatic nitrogens is 2. The zero-order valence-electron chi connectivity index (χ0n) is 12.3.